The van der Waals surface area contributed by atoms with Gasteiger partial charge >= 0.3 is 6.18 Å². The summed E-state index contributed by atoms with van der Waals surface area (Å²) >= 11 is 0. The Balaban J connectivity index is 1.44. The van der Waals surface area contributed by atoms with E-state index in [-0.39, 0.29) is 12.5 Å². The predicted molar refractivity (Wildman–Crippen MR) is 137 cm³/mol. The van der Waals surface area contributed by atoms with Gasteiger partial charge in [-0.1, -0.05) is 12.1 Å². The van der Waals surface area contributed by atoms with Crippen molar-refractivity contribution >= 4 is 11.6 Å². The van der Waals surface area contributed by atoms with E-state index in [1.165, 1.54) is 11.6 Å². The molecule has 0 saturated carbocycles. The fraction of sp³-hybridized carbons (Fsp3) is 0.345. The molecule has 196 valence electrons. The van der Waals surface area contributed by atoms with Crippen LogP contribution in [0, 0.1) is 13.8 Å². The Labute approximate surface area is 215 Å². The molecule has 1 saturated heterocycles. The van der Waals surface area contributed by atoms with Gasteiger partial charge in [-0.3, -0.25) is 4.79 Å². The molecule has 37 heavy (non-hydrogen) atoms. The van der Waals surface area contributed by atoms with Crippen LogP contribution in [0.25, 0.3) is 0 Å². The molecule has 0 atom stereocenters. The average Bonchev–Trinajstić information content (AvgIpc) is 2.89. The Bertz CT molecular complexity index is 1250. The van der Waals surface area contributed by atoms with Gasteiger partial charge in [0.25, 0.3) is 5.91 Å². The Morgan fingerprint density at radius 3 is 2.32 bits per heavy atom. The van der Waals surface area contributed by atoms with Crippen molar-refractivity contribution in [2.75, 3.05) is 37.7 Å². The Morgan fingerprint density at radius 1 is 0.892 bits per heavy atom. The van der Waals surface area contributed by atoms with Crippen molar-refractivity contribution < 1.29 is 27.4 Å². The number of carbonyl (C=O) groups excluding carboxylic acids is 1. The molecule has 0 bridgehead atoms. The number of alkyl halides is 3. The van der Waals surface area contributed by atoms with Crippen LogP contribution in [-0.2, 0) is 12.8 Å². The number of carbonyl (C=O) groups is 1. The van der Waals surface area contributed by atoms with Crippen molar-refractivity contribution in [3.05, 3.63) is 88.5 Å². The summed E-state index contributed by atoms with van der Waals surface area (Å²) in [5, 5.41) is 0. The van der Waals surface area contributed by atoms with Crippen molar-refractivity contribution in [2.45, 2.75) is 33.6 Å². The van der Waals surface area contributed by atoms with Crippen LogP contribution in [-0.4, -0.2) is 43.6 Å². The summed E-state index contributed by atoms with van der Waals surface area (Å²) in [6, 6.07) is 16.5. The van der Waals surface area contributed by atoms with Crippen molar-refractivity contribution in [3.8, 4) is 11.5 Å². The number of ether oxygens (including phenoxy) is 2. The predicted octanol–water partition coefficient (Wildman–Crippen LogP) is 6.26. The van der Waals surface area contributed by atoms with E-state index in [0.717, 1.165) is 29.0 Å². The summed E-state index contributed by atoms with van der Waals surface area (Å²) in [6.45, 7) is 8.44. The molecule has 3 aromatic rings. The van der Waals surface area contributed by atoms with E-state index in [1.54, 1.807) is 29.2 Å². The number of halogens is 3. The molecular weight excluding hydrogens is 481 g/mol. The number of hydrogen-bond acceptors (Lipinski definition) is 4. The molecule has 1 amide bonds. The van der Waals surface area contributed by atoms with E-state index in [0.29, 0.717) is 49.8 Å². The highest BCUT2D eigenvalue weighted by molar-refractivity contribution is 5.94. The van der Waals surface area contributed by atoms with Crippen molar-refractivity contribution in [2.24, 2.45) is 0 Å². The number of rotatable bonds is 7. The molecule has 0 radical (unpaired) electrons. The molecule has 0 spiro atoms. The Hall–Kier alpha value is -3.68. The maximum absolute atomic E-state index is 13.3. The largest absolute Gasteiger partial charge is 0.493 e. The summed E-state index contributed by atoms with van der Waals surface area (Å²) in [6.07, 6.45) is -4.39. The molecule has 1 aliphatic heterocycles. The third-order valence-electron chi connectivity index (χ3n) is 6.59. The lowest BCUT2D eigenvalue weighted by Gasteiger charge is -2.36. The van der Waals surface area contributed by atoms with Crippen LogP contribution in [0.15, 0.2) is 60.7 Å². The van der Waals surface area contributed by atoms with Gasteiger partial charge in [-0.15, -0.1) is 0 Å². The fourth-order valence-electron chi connectivity index (χ4n) is 4.32. The van der Waals surface area contributed by atoms with E-state index < -0.39 is 11.7 Å². The highest BCUT2D eigenvalue weighted by Crippen LogP contribution is 2.32. The third-order valence-corrected chi connectivity index (χ3v) is 6.59. The van der Waals surface area contributed by atoms with Crippen LogP contribution in [0.3, 0.4) is 0 Å². The van der Waals surface area contributed by atoms with Gasteiger partial charge in [0, 0.05) is 43.0 Å². The van der Waals surface area contributed by atoms with Gasteiger partial charge in [-0.2, -0.15) is 13.2 Å². The first-order chi connectivity index (χ1) is 17.7. The fourth-order valence-corrected chi connectivity index (χ4v) is 4.32. The van der Waals surface area contributed by atoms with Crippen LogP contribution < -0.4 is 14.4 Å². The minimum absolute atomic E-state index is 0.126. The van der Waals surface area contributed by atoms with Crippen LogP contribution >= 0.6 is 0 Å². The minimum Gasteiger partial charge on any atom is -0.493 e. The summed E-state index contributed by atoms with van der Waals surface area (Å²) in [4.78, 5) is 16.9. The number of nitrogens with zero attached hydrogens (tertiary/aromatic N) is 2. The molecule has 1 fully saturated rings. The van der Waals surface area contributed by atoms with Crippen molar-refractivity contribution in [1.29, 1.82) is 0 Å². The Morgan fingerprint density at radius 2 is 1.65 bits per heavy atom. The zero-order valence-corrected chi connectivity index (χ0v) is 21.3. The maximum atomic E-state index is 13.3. The average molecular weight is 513 g/mol. The summed E-state index contributed by atoms with van der Waals surface area (Å²) in [5.41, 5.74) is 3.45. The molecular formula is C29H31F3N2O3. The first-order valence-electron chi connectivity index (χ1n) is 12.3. The van der Waals surface area contributed by atoms with Gasteiger partial charge in [0.15, 0.2) is 0 Å². The molecule has 4 rings (SSSR count). The molecule has 5 nitrogen and oxygen atoms in total. The highest BCUT2D eigenvalue weighted by atomic mass is 19.4. The van der Waals surface area contributed by atoms with E-state index in [2.05, 4.69) is 0 Å². The quantitative estimate of drug-likeness (QED) is 0.375. The van der Waals surface area contributed by atoms with Crippen LogP contribution in [0.5, 0.6) is 11.5 Å². The Kier molecular flexibility index (Phi) is 7.95. The SMILES string of the molecule is CCOc1ccc(C(=O)N2CCN(c3cccc(C(F)(F)F)c3)CC2)cc1COc1ccc(C)c(C)c1. The van der Waals surface area contributed by atoms with Gasteiger partial charge in [0.1, 0.15) is 18.1 Å². The van der Waals surface area contributed by atoms with Gasteiger partial charge < -0.3 is 19.3 Å². The topological polar surface area (TPSA) is 42.0 Å². The summed E-state index contributed by atoms with van der Waals surface area (Å²) in [7, 11) is 0. The van der Waals surface area contributed by atoms with E-state index >= 15 is 0 Å². The summed E-state index contributed by atoms with van der Waals surface area (Å²) in [5.74, 6) is 1.28. The second kappa shape index (κ2) is 11.2. The highest BCUT2D eigenvalue weighted by Gasteiger charge is 2.31. The van der Waals surface area contributed by atoms with Gasteiger partial charge in [-0.05, 0) is 80.4 Å². The van der Waals surface area contributed by atoms with E-state index in [4.69, 9.17) is 9.47 Å². The van der Waals surface area contributed by atoms with Crippen LogP contribution in [0.1, 0.15) is 39.5 Å². The molecule has 8 heteroatoms. The molecule has 0 aromatic heterocycles. The van der Waals surface area contributed by atoms with E-state index in [9.17, 15) is 18.0 Å². The van der Waals surface area contributed by atoms with E-state index in [1.807, 2.05) is 43.9 Å². The first-order valence-corrected chi connectivity index (χ1v) is 12.3. The lowest BCUT2D eigenvalue weighted by molar-refractivity contribution is -0.137. The number of hydrogen-bond donors (Lipinski definition) is 0. The maximum Gasteiger partial charge on any atom is 0.416 e. The lowest BCUT2D eigenvalue weighted by Crippen LogP contribution is -2.48. The smallest absolute Gasteiger partial charge is 0.416 e. The number of piperazine rings is 1. The molecule has 1 heterocycles. The zero-order chi connectivity index (χ0) is 26.6. The van der Waals surface area contributed by atoms with Crippen molar-refractivity contribution in [1.82, 2.24) is 4.90 Å². The number of aryl methyl sites for hydroxylation is 2. The molecule has 3 aromatic carbocycles. The lowest BCUT2D eigenvalue weighted by atomic mass is 10.1. The first kappa shape index (κ1) is 26.4. The van der Waals surface area contributed by atoms with Gasteiger partial charge in [-0.25, -0.2) is 0 Å². The normalized spacial score (nSPS) is 14.0. The number of amides is 1. The number of benzene rings is 3. The van der Waals surface area contributed by atoms with Crippen molar-refractivity contribution in [3.63, 3.8) is 0 Å². The molecule has 1 aliphatic rings. The standard InChI is InChI=1S/C29H31F3N2O3/c1-4-36-27-11-9-22(17-23(27)19-37-26-10-8-20(2)21(3)16-26)28(35)34-14-12-33(13-15-34)25-7-5-6-24(18-25)29(30,31)32/h5-11,16-18H,4,12-15,19H2,1-3H3. The second-order valence-corrected chi connectivity index (χ2v) is 9.12. The van der Waals surface area contributed by atoms with Gasteiger partial charge in [0.2, 0.25) is 0 Å². The van der Waals surface area contributed by atoms with Crippen LogP contribution in [0.4, 0.5) is 18.9 Å². The second-order valence-electron chi connectivity index (χ2n) is 9.12. The number of anilines is 1. The molecule has 0 N–H and O–H groups in total. The third kappa shape index (κ3) is 6.37. The van der Waals surface area contributed by atoms with Gasteiger partial charge in [0.05, 0.1) is 12.2 Å². The van der Waals surface area contributed by atoms with Crippen LogP contribution in [0.2, 0.25) is 0 Å². The molecule has 0 aliphatic carbocycles. The summed E-state index contributed by atoms with van der Waals surface area (Å²) < 4.78 is 51.0. The minimum atomic E-state index is -4.39. The molecule has 0 unspecified atom stereocenters. The monoisotopic (exact) mass is 512 g/mol. The zero-order valence-electron chi connectivity index (χ0n) is 21.3.